The number of nitrogens with zero attached hydrogens (tertiary/aromatic N) is 5. The molecule has 26 heavy (non-hydrogen) atoms. The summed E-state index contributed by atoms with van der Waals surface area (Å²) in [6.45, 7) is 2.24. The summed E-state index contributed by atoms with van der Waals surface area (Å²) in [5.74, 6) is -1.05. The first kappa shape index (κ1) is 18.0. The Hall–Kier alpha value is -2.81. The van der Waals surface area contributed by atoms with Crippen LogP contribution in [-0.2, 0) is 12.7 Å². The lowest BCUT2D eigenvalue weighted by atomic mass is 10.1. The first-order valence-corrected chi connectivity index (χ1v) is 7.73. The van der Waals surface area contributed by atoms with Crippen LogP contribution in [0.1, 0.15) is 17.1 Å². The van der Waals surface area contributed by atoms with Gasteiger partial charge >= 0.3 is 6.18 Å². The first-order chi connectivity index (χ1) is 12.2. The number of aryl methyl sites for hydroxylation is 1. The van der Waals surface area contributed by atoms with Crippen molar-refractivity contribution in [3.05, 3.63) is 47.4 Å². The van der Waals surface area contributed by atoms with Gasteiger partial charge in [-0.1, -0.05) is 29.4 Å². The standard InChI is InChI=1S/C17H16F3N5O/c1-10-8-13(22-16(21-10)17(18,19)20)15-23-14(24-26-15)12-6-4-11(5-7-12)9-25(2)3/h4-8H,9H2,1-3H3. The molecule has 0 radical (unpaired) electrons. The summed E-state index contributed by atoms with van der Waals surface area (Å²) in [6.07, 6.45) is -4.65. The van der Waals surface area contributed by atoms with Crippen molar-refractivity contribution in [2.75, 3.05) is 14.1 Å². The highest BCUT2D eigenvalue weighted by Gasteiger charge is 2.35. The number of aromatic nitrogens is 4. The molecular formula is C17H16F3N5O. The minimum absolute atomic E-state index is 0.0622. The van der Waals surface area contributed by atoms with E-state index in [1.165, 1.54) is 13.0 Å². The summed E-state index contributed by atoms with van der Waals surface area (Å²) in [4.78, 5) is 13.1. The van der Waals surface area contributed by atoms with Crippen molar-refractivity contribution in [2.24, 2.45) is 0 Å². The van der Waals surface area contributed by atoms with E-state index < -0.39 is 12.0 Å². The van der Waals surface area contributed by atoms with Gasteiger partial charge in [0.15, 0.2) is 0 Å². The molecule has 1 aromatic carbocycles. The number of benzene rings is 1. The molecule has 3 aromatic rings. The number of rotatable bonds is 4. The Morgan fingerprint density at radius 3 is 2.35 bits per heavy atom. The molecule has 0 amide bonds. The molecule has 0 aliphatic heterocycles. The van der Waals surface area contributed by atoms with Crippen LogP contribution in [0, 0.1) is 6.92 Å². The third-order valence-corrected chi connectivity index (χ3v) is 3.46. The average molecular weight is 363 g/mol. The summed E-state index contributed by atoms with van der Waals surface area (Å²) in [5, 5.41) is 3.84. The van der Waals surface area contributed by atoms with E-state index in [4.69, 9.17) is 4.52 Å². The molecule has 2 heterocycles. The highest BCUT2D eigenvalue weighted by Crippen LogP contribution is 2.29. The Bertz CT molecular complexity index is 904. The minimum atomic E-state index is -4.65. The molecule has 0 bridgehead atoms. The Balaban J connectivity index is 1.90. The number of hydrogen-bond acceptors (Lipinski definition) is 6. The van der Waals surface area contributed by atoms with Gasteiger partial charge in [0.25, 0.3) is 5.89 Å². The Labute approximate surface area is 147 Å². The smallest absolute Gasteiger partial charge is 0.332 e. The topological polar surface area (TPSA) is 67.9 Å². The molecule has 0 saturated heterocycles. The molecule has 3 rings (SSSR count). The van der Waals surface area contributed by atoms with Gasteiger partial charge in [-0.15, -0.1) is 0 Å². The van der Waals surface area contributed by atoms with Crippen molar-refractivity contribution >= 4 is 0 Å². The molecule has 0 atom stereocenters. The van der Waals surface area contributed by atoms with Crippen LogP contribution in [0.25, 0.3) is 23.0 Å². The van der Waals surface area contributed by atoms with Gasteiger partial charge in [0.05, 0.1) is 0 Å². The number of hydrogen-bond donors (Lipinski definition) is 0. The lowest BCUT2D eigenvalue weighted by Gasteiger charge is -2.09. The summed E-state index contributed by atoms with van der Waals surface area (Å²) in [5.41, 5.74) is 1.91. The van der Waals surface area contributed by atoms with Crippen LogP contribution in [0.5, 0.6) is 0 Å². The van der Waals surface area contributed by atoms with Crippen molar-refractivity contribution in [3.63, 3.8) is 0 Å². The SMILES string of the molecule is Cc1cc(-c2nc(-c3ccc(CN(C)C)cc3)no2)nc(C(F)(F)F)n1. The fourth-order valence-electron chi connectivity index (χ4n) is 2.37. The first-order valence-electron chi connectivity index (χ1n) is 7.73. The van der Waals surface area contributed by atoms with E-state index in [1.807, 2.05) is 43.3 Å². The third-order valence-electron chi connectivity index (χ3n) is 3.46. The zero-order valence-electron chi connectivity index (χ0n) is 14.4. The fourth-order valence-corrected chi connectivity index (χ4v) is 2.37. The minimum Gasteiger partial charge on any atom is -0.332 e. The highest BCUT2D eigenvalue weighted by molar-refractivity contribution is 5.58. The van der Waals surface area contributed by atoms with Crippen LogP contribution in [-0.4, -0.2) is 39.1 Å². The van der Waals surface area contributed by atoms with Gasteiger partial charge < -0.3 is 9.42 Å². The van der Waals surface area contributed by atoms with E-state index in [2.05, 4.69) is 20.1 Å². The monoisotopic (exact) mass is 363 g/mol. The molecule has 0 fully saturated rings. The molecule has 0 aliphatic carbocycles. The second-order valence-corrected chi connectivity index (χ2v) is 6.07. The van der Waals surface area contributed by atoms with Crippen molar-refractivity contribution in [1.82, 2.24) is 25.0 Å². The largest absolute Gasteiger partial charge is 0.451 e. The van der Waals surface area contributed by atoms with Crippen LogP contribution in [0.4, 0.5) is 13.2 Å². The maximum atomic E-state index is 12.9. The summed E-state index contributed by atoms with van der Waals surface area (Å²) in [7, 11) is 3.94. The summed E-state index contributed by atoms with van der Waals surface area (Å²) >= 11 is 0. The number of alkyl halides is 3. The molecule has 9 heteroatoms. The summed E-state index contributed by atoms with van der Waals surface area (Å²) in [6, 6.07) is 8.90. The second kappa shape index (κ2) is 6.83. The van der Waals surface area contributed by atoms with Crippen molar-refractivity contribution in [1.29, 1.82) is 0 Å². The maximum absolute atomic E-state index is 12.9. The Kier molecular flexibility index (Phi) is 4.73. The van der Waals surface area contributed by atoms with E-state index in [-0.39, 0.29) is 23.1 Å². The van der Waals surface area contributed by atoms with E-state index in [9.17, 15) is 13.2 Å². The predicted octanol–water partition coefficient (Wildman–Crippen LogP) is 3.58. The van der Waals surface area contributed by atoms with E-state index in [0.717, 1.165) is 12.1 Å². The van der Waals surface area contributed by atoms with Crippen LogP contribution in [0.15, 0.2) is 34.9 Å². The van der Waals surface area contributed by atoms with Gasteiger partial charge in [-0.25, -0.2) is 9.97 Å². The normalized spacial score (nSPS) is 12.0. The van der Waals surface area contributed by atoms with Crippen molar-refractivity contribution < 1.29 is 17.7 Å². The van der Waals surface area contributed by atoms with Crippen LogP contribution < -0.4 is 0 Å². The zero-order valence-corrected chi connectivity index (χ0v) is 14.4. The lowest BCUT2D eigenvalue weighted by molar-refractivity contribution is -0.145. The molecule has 0 aliphatic rings. The van der Waals surface area contributed by atoms with Gasteiger partial charge in [0.1, 0.15) is 5.69 Å². The van der Waals surface area contributed by atoms with Gasteiger partial charge in [0, 0.05) is 17.8 Å². The molecule has 0 unspecified atom stereocenters. The molecule has 6 nitrogen and oxygen atoms in total. The van der Waals surface area contributed by atoms with Gasteiger partial charge in [-0.3, -0.25) is 0 Å². The van der Waals surface area contributed by atoms with Gasteiger partial charge in [0.2, 0.25) is 11.6 Å². The Morgan fingerprint density at radius 1 is 1.04 bits per heavy atom. The quantitative estimate of drug-likeness (QED) is 0.706. The molecular weight excluding hydrogens is 347 g/mol. The number of halogens is 3. The second-order valence-electron chi connectivity index (χ2n) is 6.07. The molecule has 0 saturated carbocycles. The molecule has 136 valence electrons. The third kappa shape index (κ3) is 4.05. The van der Waals surface area contributed by atoms with Crippen LogP contribution in [0.3, 0.4) is 0 Å². The Morgan fingerprint density at radius 2 is 1.73 bits per heavy atom. The predicted molar refractivity (Wildman–Crippen MR) is 87.9 cm³/mol. The van der Waals surface area contributed by atoms with E-state index in [0.29, 0.717) is 5.56 Å². The molecule has 0 spiro atoms. The summed E-state index contributed by atoms with van der Waals surface area (Å²) < 4.78 is 43.7. The zero-order chi connectivity index (χ0) is 18.9. The van der Waals surface area contributed by atoms with Crippen LogP contribution >= 0.6 is 0 Å². The fraction of sp³-hybridized carbons (Fsp3) is 0.294. The van der Waals surface area contributed by atoms with Crippen LogP contribution in [0.2, 0.25) is 0 Å². The van der Waals surface area contributed by atoms with E-state index in [1.54, 1.807) is 0 Å². The highest BCUT2D eigenvalue weighted by atomic mass is 19.4. The van der Waals surface area contributed by atoms with Gasteiger partial charge in [-0.2, -0.15) is 18.2 Å². The van der Waals surface area contributed by atoms with Gasteiger partial charge in [-0.05, 0) is 32.6 Å². The van der Waals surface area contributed by atoms with E-state index >= 15 is 0 Å². The maximum Gasteiger partial charge on any atom is 0.451 e. The molecule has 2 aromatic heterocycles. The van der Waals surface area contributed by atoms with Crippen molar-refractivity contribution in [2.45, 2.75) is 19.6 Å². The van der Waals surface area contributed by atoms with Crippen molar-refractivity contribution in [3.8, 4) is 23.0 Å². The molecule has 0 N–H and O–H groups in total. The average Bonchev–Trinajstić information content (AvgIpc) is 3.03. The lowest BCUT2D eigenvalue weighted by Crippen LogP contribution is -2.12.